The minimum Gasteiger partial charge on any atom is -0.496 e. The first kappa shape index (κ1) is 16.6. The van der Waals surface area contributed by atoms with Crippen LogP contribution in [0.5, 0.6) is 5.75 Å². The van der Waals surface area contributed by atoms with Crippen LogP contribution in [-0.4, -0.2) is 14.2 Å². The molecule has 0 spiro atoms. The fraction of sp³-hybridized carbons (Fsp3) is 0.250. The minimum atomic E-state index is 0.185. The van der Waals surface area contributed by atoms with Crippen LogP contribution in [-0.2, 0) is 6.42 Å². The summed E-state index contributed by atoms with van der Waals surface area (Å²) in [4.78, 5) is 0. The average Bonchev–Trinajstić information content (AvgIpc) is 2.48. The number of methoxy groups -OCH3 is 1. The second kappa shape index (κ2) is 7.50. The van der Waals surface area contributed by atoms with Gasteiger partial charge in [-0.15, -0.1) is 0 Å². The van der Waals surface area contributed by atoms with Gasteiger partial charge in [0.05, 0.1) is 21.6 Å². The Morgan fingerprint density at radius 3 is 2.48 bits per heavy atom. The van der Waals surface area contributed by atoms with Crippen molar-refractivity contribution in [3.8, 4) is 5.75 Å². The summed E-state index contributed by atoms with van der Waals surface area (Å²) >= 11 is 15.5. The Morgan fingerprint density at radius 1 is 1.14 bits per heavy atom. The maximum atomic E-state index is 6.07. The monoisotopic (exact) mass is 387 g/mol. The summed E-state index contributed by atoms with van der Waals surface area (Å²) in [6, 6.07) is 12.0. The van der Waals surface area contributed by atoms with Crippen LogP contribution in [0.2, 0.25) is 10.0 Å². The molecule has 2 nitrogen and oxygen atoms in total. The molecule has 2 rings (SSSR count). The van der Waals surface area contributed by atoms with E-state index in [1.54, 1.807) is 7.11 Å². The molecule has 2 aromatic carbocycles. The molecule has 0 aromatic heterocycles. The van der Waals surface area contributed by atoms with E-state index in [0.717, 1.165) is 22.2 Å². The highest BCUT2D eigenvalue weighted by Crippen LogP contribution is 2.30. The van der Waals surface area contributed by atoms with Crippen LogP contribution in [0.1, 0.15) is 17.2 Å². The van der Waals surface area contributed by atoms with E-state index in [9.17, 15) is 0 Å². The van der Waals surface area contributed by atoms with Gasteiger partial charge in [-0.1, -0.05) is 35.3 Å². The first-order valence-electron chi connectivity index (χ1n) is 6.49. The lowest BCUT2D eigenvalue weighted by Crippen LogP contribution is -2.18. The van der Waals surface area contributed by atoms with Gasteiger partial charge in [0.25, 0.3) is 0 Å². The van der Waals surface area contributed by atoms with Crippen LogP contribution in [0.25, 0.3) is 0 Å². The highest BCUT2D eigenvalue weighted by atomic mass is 79.9. The van der Waals surface area contributed by atoms with E-state index in [4.69, 9.17) is 27.9 Å². The molecule has 1 unspecified atom stereocenters. The Labute approximate surface area is 143 Å². The SMILES string of the molecule is CNC(Cc1ccc(Cl)c(Cl)c1)c1ccc(OC)c(Br)c1. The van der Waals surface area contributed by atoms with Gasteiger partial charge >= 0.3 is 0 Å². The molecule has 21 heavy (non-hydrogen) atoms. The Morgan fingerprint density at radius 2 is 1.90 bits per heavy atom. The summed E-state index contributed by atoms with van der Waals surface area (Å²) in [6.45, 7) is 0. The van der Waals surface area contributed by atoms with Crippen molar-refractivity contribution in [2.75, 3.05) is 14.2 Å². The van der Waals surface area contributed by atoms with Gasteiger partial charge in [0.15, 0.2) is 0 Å². The zero-order valence-electron chi connectivity index (χ0n) is 11.8. The lowest BCUT2D eigenvalue weighted by Gasteiger charge is -2.18. The molecule has 0 heterocycles. The van der Waals surface area contributed by atoms with Gasteiger partial charge in [0.1, 0.15) is 5.75 Å². The minimum absolute atomic E-state index is 0.185. The zero-order valence-corrected chi connectivity index (χ0v) is 14.9. The molecule has 0 saturated heterocycles. The Balaban J connectivity index is 2.23. The first-order valence-corrected chi connectivity index (χ1v) is 8.04. The largest absolute Gasteiger partial charge is 0.496 e. The third-order valence-electron chi connectivity index (χ3n) is 3.35. The lowest BCUT2D eigenvalue weighted by molar-refractivity contribution is 0.411. The number of hydrogen-bond acceptors (Lipinski definition) is 2. The molecule has 1 atom stereocenters. The topological polar surface area (TPSA) is 21.3 Å². The van der Waals surface area contributed by atoms with Gasteiger partial charge in [-0.2, -0.15) is 0 Å². The van der Waals surface area contributed by atoms with E-state index in [0.29, 0.717) is 10.0 Å². The lowest BCUT2D eigenvalue weighted by atomic mass is 9.99. The molecule has 0 aliphatic rings. The molecule has 1 N–H and O–H groups in total. The Bertz CT molecular complexity index is 634. The highest BCUT2D eigenvalue weighted by Gasteiger charge is 2.13. The molecule has 0 amide bonds. The van der Waals surface area contributed by atoms with E-state index >= 15 is 0 Å². The van der Waals surface area contributed by atoms with E-state index in [1.807, 2.05) is 31.3 Å². The van der Waals surface area contributed by atoms with E-state index < -0.39 is 0 Å². The fourth-order valence-electron chi connectivity index (χ4n) is 2.19. The number of benzene rings is 2. The zero-order chi connectivity index (χ0) is 15.4. The van der Waals surface area contributed by atoms with Crippen LogP contribution in [0.15, 0.2) is 40.9 Å². The molecule has 0 aliphatic heterocycles. The Hall–Kier alpha value is -0.740. The van der Waals surface area contributed by atoms with Crippen molar-refractivity contribution in [3.63, 3.8) is 0 Å². The molecule has 0 saturated carbocycles. The van der Waals surface area contributed by atoms with Crippen molar-refractivity contribution in [2.45, 2.75) is 12.5 Å². The number of halogens is 3. The quantitative estimate of drug-likeness (QED) is 0.753. The van der Waals surface area contributed by atoms with Crippen LogP contribution < -0.4 is 10.1 Å². The van der Waals surface area contributed by atoms with Crippen LogP contribution in [0, 0.1) is 0 Å². The first-order chi connectivity index (χ1) is 10.0. The van der Waals surface area contributed by atoms with E-state index in [-0.39, 0.29) is 6.04 Å². The summed E-state index contributed by atoms with van der Waals surface area (Å²) < 4.78 is 6.20. The second-order valence-electron chi connectivity index (χ2n) is 4.69. The number of nitrogens with one attached hydrogen (secondary N) is 1. The van der Waals surface area contributed by atoms with Gasteiger partial charge in [-0.25, -0.2) is 0 Å². The van der Waals surface area contributed by atoms with Gasteiger partial charge in [-0.05, 0) is 64.8 Å². The van der Waals surface area contributed by atoms with Crippen LogP contribution >= 0.6 is 39.1 Å². The van der Waals surface area contributed by atoms with Gasteiger partial charge in [-0.3, -0.25) is 0 Å². The maximum Gasteiger partial charge on any atom is 0.133 e. The highest BCUT2D eigenvalue weighted by molar-refractivity contribution is 9.10. The van der Waals surface area contributed by atoms with E-state index in [2.05, 4.69) is 33.4 Å². The summed E-state index contributed by atoms with van der Waals surface area (Å²) in [5, 5.41) is 4.49. The second-order valence-corrected chi connectivity index (χ2v) is 6.36. The van der Waals surface area contributed by atoms with Crippen molar-refractivity contribution in [2.24, 2.45) is 0 Å². The van der Waals surface area contributed by atoms with Crippen LogP contribution in [0.3, 0.4) is 0 Å². The average molecular weight is 389 g/mol. The van der Waals surface area contributed by atoms with Gasteiger partial charge < -0.3 is 10.1 Å². The van der Waals surface area contributed by atoms with Crippen molar-refractivity contribution in [1.29, 1.82) is 0 Å². The molecular weight excluding hydrogens is 373 g/mol. The smallest absolute Gasteiger partial charge is 0.133 e. The number of ether oxygens (including phenoxy) is 1. The normalized spacial score (nSPS) is 12.2. The number of likely N-dealkylation sites (N-methyl/N-ethyl adjacent to an activating group) is 1. The molecule has 112 valence electrons. The predicted octanol–water partition coefficient (Wildman–Crippen LogP) is 5.27. The molecule has 0 bridgehead atoms. The fourth-order valence-corrected chi connectivity index (χ4v) is 3.07. The summed E-state index contributed by atoms with van der Waals surface area (Å²) in [5.41, 5.74) is 2.31. The predicted molar refractivity (Wildman–Crippen MR) is 92.7 cm³/mol. The number of rotatable bonds is 5. The molecule has 0 fully saturated rings. The van der Waals surface area contributed by atoms with Crippen molar-refractivity contribution >= 4 is 39.1 Å². The summed E-state index contributed by atoms with van der Waals surface area (Å²) in [5.74, 6) is 0.822. The molecule has 0 radical (unpaired) electrons. The van der Waals surface area contributed by atoms with Gasteiger partial charge in [0, 0.05) is 6.04 Å². The van der Waals surface area contributed by atoms with Crippen molar-refractivity contribution in [3.05, 3.63) is 62.0 Å². The van der Waals surface area contributed by atoms with Crippen LogP contribution in [0.4, 0.5) is 0 Å². The number of hydrogen-bond donors (Lipinski definition) is 1. The standard InChI is InChI=1S/C16H16BrCl2NO/c1-20-15(8-10-3-5-13(18)14(19)7-10)11-4-6-16(21-2)12(17)9-11/h3-7,9,15,20H,8H2,1-2H3. The maximum absolute atomic E-state index is 6.07. The van der Waals surface area contributed by atoms with E-state index in [1.165, 1.54) is 5.56 Å². The third-order valence-corrected chi connectivity index (χ3v) is 4.71. The molecule has 0 aliphatic carbocycles. The molecule has 5 heteroatoms. The molecular formula is C16H16BrCl2NO. The summed E-state index contributed by atoms with van der Waals surface area (Å²) in [6.07, 6.45) is 0.826. The molecule has 2 aromatic rings. The summed E-state index contributed by atoms with van der Waals surface area (Å²) in [7, 11) is 3.60. The Kier molecular flexibility index (Phi) is 5.94. The third kappa shape index (κ3) is 4.13. The van der Waals surface area contributed by atoms with Gasteiger partial charge in [0.2, 0.25) is 0 Å². The van der Waals surface area contributed by atoms with Crippen molar-refractivity contribution in [1.82, 2.24) is 5.32 Å². The van der Waals surface area contributed by atoms with Crippen molar-refractivity contribution < 1.29 is 4.74 Å².